The highest BCUT2D eigenvalue weighted by atomic mass is 16.5. The predicted octanol–water partition coefficient (Wildman–Crippen LogP) is 2.90. The minimum absolute atomic E-state index is 0.0353. The summed E-state index contributed by atoms with van der Waals surface area (Å²) in [6, 6.07) is 7.96. The molecule has 0 saturated carbocycles. The molecule has 3 rings (SSSR count). The van der Waals surface area contributed by atoms with Gasteiger partial charge in [-0.3, -0.25) is 4.79 Å². The SMILES string of the molecule is Cc1ccc(-n2cc(C(=O)NC3CCCOC3CC(C)C)nn2)cc1. The van der Waals surface area contributed by atoms with Crippen LogP contribution in [-0.4, -0.2) is 39.7 Å². The Morgan fingerprint density at radius 2 is 2.12 bits per heavy atom. The van der Waals surface area contributed by atoms with Gasteiger partial charge < -0.3 is 10.1 Å². The third-order valence-corrected chi connectivity index (χ3v) is 4.48. The van der Waals surface area contributed by atoms with Crippen LogP contribution < -0.4 is 5.32 Å². The smallest absolute Gasteiger partial charge is 0.273 e. The maximum atomic E-state index is 12.6. The molecule has 134 valence electrons. The molecule has 1 saturated heterocycles. The van der Waals surface area contributed by atoms with Crippen molar-refractivity contribution >= 4 is 5.91 Å². The number of nitrogens with one attached hydrogen (secondary N) is 1. The van der Waals surface area contributed by atoms with Crippen molar-refractivity contribution in [1.29, 1.82) is 0 Å². The Bertz CT molecular complexity index is 708. The molecule has 1 N–H and O–H groups in total. The number of carbonyl (C=O) groups excluding carboxylic acids is 1. The highest BCUT2D eigenvalue weighted by Gasteiger charge is 2.28. The third-order valence-electron chi connectivity index (χ3n) is 4.48. The second-order valence-corrected chi connectivity index (χ2v) is 7.14. The molecule has 0 bridgehead atoms. The fourth-order valence-electron chi connectivity index (χ4n) is 3.14. The highest BCUT2D eigenvalue weighted by Crippen LogP contribution is 2.20. The van der Waals surface area contributed by atoms with Gasteiger partial charge in [0.05, 0.1) is 24.0 Å². The number of aromatic nitrogens is 3. The molecule has 1 aromatic heterocycles. The number of carbonyl (C=O) groups is 1. The molecule has 0 radical (unpaired) electrons. The predicted molar refractivity (Wildman–Crippen MR) is 95.8 cm³/mol. The van der Waals surface area contributed by atoms with Gasteiger partial charge in [0, 0.05) is 6.61 Å². The first-order valence-corrected chi connectivity index (χ1v) is 8.95. The lowest BCUT2D eigenvalue weighted by molar-refractivity contribution is -0.0186. The Labute approximate surface area is 148 Å². The molecule has 1 amide bonds. The number of ether oxygens (including phenoxy) is 1. The summed E-state index contributed by atoms with van der Waals surface area (Å²) in [4.78, 5) is 12.6. The summed E-state index contributed by atoms with van der Waals surface area (Å²) < 4.78 is 7.49. The molecule has 2 aromatic rings. The lowest BCUT2D eigenvalue weighted by Crippen LogP contribution is -2.47. The van der Waals surface area contributed by atoms with Crippen LogP contribution in [-0.2, 0) is 4.74 Å². The van der Waals surface area contributed by atoms with Gasteiger partial charge in [0.15, 0.2) is 5.69 Å². The minimum Gasteiger partial charge on any atom is -0.376 e. The number of benzene rings is 1. The molecule has 1 aromatic carbocycles. The minimum atomic E-state index is -0.192. The van der Waals surface area contributed by atoms with Gasteiger partial charge in [0.2, 0.25) is 0 Å². The van der Waals surface area contributed by atoms with E-state index in [4.69, 9.17) is 4.74 Å². The molecule has 6 nitrogen and oxygen atoms in total. The lowest BCUT2D eigenvalue weighted by atomic mass is 9.94. The quantitative estimate of drug-likeness (QED) is 0.907. The summed E-state index contributed by atoms with van der Waals surface area (Å²) in [5.41, 5.74) is 2.39. The zero-order valence-electron chi connectivity index (χ0n) is 15.1. The van der Waals surface area contributed by atoms with Crippen LogP contribution in [0.5, 0.6) is 0 Å². The molecule has 1 fully saturated rings. The molecule has 6 heteroatoms. The van der Waals surface area contributed by atoms with Gasteiger partial charge in [-0.25, -0.2) is 4.68 Å². The second kappa shape index (κ2) is 7.78. The van der Waals surface area contributed by atoms with E-state index in [1.165, 1.54) is 5.56 Å². The van der Waals surface area contributed by atoms with Crippen LogP contribution in [0, 0.1) is 12.8 Å². The maximum absolute atomic E-state index is 12.6. The number of hydrogen-bond donors (Lipinski definition) is 1. The number of nitrogens with zero attached hydrogens (tertiary/aromatic N) is 3. The van der Waals surface area contributed by atoms with E-state index in [9.17, 15) is 4.79 Å². The van der Waals surface area contributed by atoms with Crippen LogP contribution in [0.3, 0.4) is 0 Å². The van der Waals surface area contributed by atoms with E-state index >= 15 is 0 Å². The number of hydrogen-bond acceptors (Lipinski definition) is 4. The van der Waals surface area contributed by atoms with E-state index in [-0.39, 0.29) is 18.1 Å². The van der Waals surface area contributed by atoms with Crippen molar-refractivity contribution in [3.63, 3.8) is 0 Å². The van der Waals surface area contributed by atoms with E-state index in [0.29, 0.717) is 11.6 Å². The van der Waals surface area contributed by atoms with E-state index in [1.807, 2.05) is 31.2 Å². The van der Waals surface area contributed by atoms with Crippen LogP contribution in [0.2, 0.25) is 0 Å². The van der Waals surface area contributed by atoms with Gasteiger partial charge in [0.1, 0.15) is 0 Å². The first-order valence-electron chi connectivity index (χ1n) is 8.95. The zero-order chi connectivity index (χ0) is 17.8. The van der Waals surface area contributed by atoms with Gasteiger partial charge >= 0.3 is 0 Å². The molecule has 2 atom stereocenters. The Balaban J connectivity index is 1.67. The summed E-state index contributed by atoms with van der Waals surface area (Å²) >= 11 is 0. The Kier molecular flexibility index (Phi) is 5.48. The summed E-state index contributed by atoms with van der Waals surface area (Å²) in [6.07, 6.45) is 4.59. The molecule has 2 unspecified atom stereocenters. The average molecular weight is 342 g/mol. The number of amides is 1. The summed E-state index contributed by atoms with van der Waals surface area (Å²) in [5.74, 6) is 0.340. The summed E-state index contributed by atoms with van der Waals surface area (Å²) in [6.45, 7) is 7.14. The van der Waals surface area contributed by atoms with E-state index in [0.717, 1.165) is 31.6 Å². The van der Waals surface area contributed by atoms with E-state index in [2.05, 4.69) is 29.5 Å². The number of aryl methyl sites for hydroxylation is 1. The summed E-state index contributed by atoms with van der Waals surface area (Å²) in [7, 11) is 0. The van der Waals surface area contributed by atoms with Crippen molar-refractivity contribution in [2.45, 2.75) is 52.2 Å². The average Bonchev–Trinajstić information content (AvgIpc) is 3.07. The van der Waals surface area contributed by atoms with Gasteiger partial charge in [-0.05, 0) is 44.2 Å². The van der Waals surface area contributed by atoms with Crippen LogP contribution in [0.1, 0.15) is 49.2 Å². The van der Waals surface area contributed by atoms with Crippen molar-refractivity contribution in [2.75, 3.05) is 6.61 Å². The molecule has 1 aliphatic rings. The Hall–Kier alpha value is -2.21. The van der Waals surface area contributed by atoms with Crippen LogP contribution in [0.15, 0.2) is 30.5 Å². The largest absolute Gasteiger partial charge is 0.376 e. The molecular formula is C19H26N4O2. The monoisotopic (exact) mass is 342 g/mol. The standard InChI is InChI=1S/C19H26N4O2/c1-13(2)11-18-16(5-4-10-25-18)20-19(24)17-12-23(22-21-17)15-8-6-14(3)7-9-15/h6-9,12-13,16,18H,4-5,10-11H2,1-3H3,(H,20,24). The van der Waals surface area contributed by atoms with Crippen molar-refractivity contribution in [2.24, 2.45) is 5.92 Å². The zero-order valence-corrected chi connectivity index (χ0v) is 15.1. The topological polar surface area (TPSA) is 69.0 Å². The second-order valence-electron chi connectivity index (χ2n) is 7.14. The summed E-state index contributed by atoms with van der Waals surface area (Å²) in [5, 5.41) is 11.2. The van der Waals surface area contributed by atoms with Gasteiger partial charge in [-0.2, -0.15) is 0 Å². The molecule has 0 aliphatic carbocycles. The Morgan fingerprint density at radius 1 is 1.36 bits per heavy atom. The lowest BCUT2D eigenvalue weighted by Gasteiger charge is -2.33. The third kappa shape index (κ3) is 4.45. The fourth-order valence-corrected chi connectivity index (χ4v) is 3.14. The molecule has 1 aliphatic heterocycles. The van der Waals surface area contributed by atoms with Crippen molar-refractivity contribution in [3.05, 3.63) is 41.7 Å². The van der Waals surface area contributed by atoms with Crippen LogP contribution in [0.4, 0.5) is 0 Å². The van der Waals surface area contributed by atoms with E-state index in [1.54, 1.807) is 10.9 Å². The van der Waals surface area contributed by atoms with Crippen molar-refractivity contribution in [3.8, 4) is 5.69 Å². The highest BCUT2D eigenvalue weighted by molar-refractivity contribution is 5.92. The molecule has 0 spiro atoms. The van der Waals surface area contributed by atoms with Crippen molar-refractivity contribution < 1.29 is 9.53 Å². The van der Waals surface area contributed by atoms with Gasteiger partial charge in [-0.1, -0.05) is 36.8 Å². The van der Waals surface area contributed by atoms with Crippen LogP contribution >= 0.6 is 0 Å². The molecule has 2 heterocycles. The van der Waals surface area contributed by atoms with Crippen molar-refractivity contribution in [1.82, 2.24) is 20.3 Å². The first-order chi connectivity index (χ1) is 12.0. The van der Waals surface area contributed by atoms with Crippen LogP contribution in [0.25, 0.3) is 5.69 Å². The fraction of sp³-hybridized carbons (Fsp3) is 0.526. The maximum Gasteiger partial charge on any atom is 0.273 e. The number of rotatable bonds is 5. The van der Waals surface area contributed by atoms with Gasteiger partial charge in [0.25, 0.3) is 5.91 Å². The Morgan fingerprint density at radius 3 is 2.84 bits per heavy atom. The van der Waals surface area contributed by atoms with E-state index < -0.39 is 0 Å². The molecule has 25 heavy (non-hydrogen) atoms. The molecular weight excluding hydrogens is 316 g/mol. The first kappa shape index (κ1) is 17.6. The normalized spacial score (nSPS) is 20.6. The van der Waals surface area contributed by atoms with Gasteiger partial charge in [-0.15, -0.1) is 5.10 Å².